The normalized spacial score (nSPS) is 13.9. The summed E-state index contributed by atoms with van der Waals surface area (Å²) < 4.78 is 0. The molecule has 0 aliphatic rings. The van der Waals surface area contributed by atoms with Crippen molar-refractivity contribution in [1.29, 1.82) is 0 Å². The molecule has 6 nitrogen and oxygen atoms in total. The number of carbonyl (C=O) groups excluding carboxylic acids is 1. The number of H-pyrrole nitrogens is 1. The monoisotopic (exact) mass is 267 g/mol. The van der Waals surface area contributed by atoms with Crippen molar-refractivity contribution >= 4 is 11.9 Å². The van der Waals surface area contributed by atoms with E-state index in [1.54, 1.807) is 0 Å². The fourth-order valence-corrected chi connectivity index (χ4v) is 1.90. The van der Waals surface area contributed by atoms with E-state index in [9.17, 15) is 9.59 Å². The fraction of sp³-hybridized carbons (Fsp3) is 0.615. The van der Waals surface area contributed by atoms with Crippen molar-refractivity contribution in [3.63, 3.8) is 0 Å². The summed E-state index contributed by atoms with van der Waals surface area (Å²) in [5.41, 5.74) is 2.43. The molecule has 3 N–H and O–H groups in total. The molecule has 19 heavy (non-hydrogen) atoms. The first-order valence-electron chi connectivity index (χ1n) is 6.39. The van der Waals surface area contributed by atoms with E-state index in [1.165, 1.54) is 0 Å². The van der Waals surface area contributed by atoms with Crippen molar-refractivity contribution in [1.82, 2.24) is 15.5 Å². The highest BCUT2D eigenvalue weighted by Crippen LogP contribution is 2.12. The predicted octanol–water partition coefficient (Wildman–Crippen LogP) is 1.18. The third-order valence-corrected chi connectivity index (χ3v) is 3.41. The van der Waals surface area contributed by atoms with Crippen LogP contribution in [0.1, 0.15) is 37.2 Å². The highest BCUT2D eigenvalue weighted by Gasteiger charge is 2.25. The fourth-order valence-electron chi connectivity index (χ4n) is 1.90. The lowest BCUT2D eigenvalue weighted by atomic mass is 9.99. The molecule has 2 atom stereocenters. The quantitative estimate of drug-likeness (QED) is 0.721. The first-order valence-corrected chi connectivity index (χ1v) is 6.39. The van der Waals surface area contributed by atoms with Gasteiger partial charge in [0.2, 0.25) is 5.91 Å². The van der Waals surface area contributed by atoms with Gasteiger partial charge in [0.05, 0.1) is 12.1 Å². The highest BCUT2D eigenvalue weighted by molar-refractivity contribution is 5.85. The lowest BCUT2D eigenvalue weighted by Crippen LogP contribution is -2.45. The lowest BCUT2D eigenvalue weighted by molar-refractivity contribution is -0.143. The molecule has 1 aromatic rings. The van der Waals surface area contributed by atoms with Gasteiger partial charge >= 0.3 is 5.97 Å². The zero-order valence-electron chi connectivity index (χ0n) is 11.8. The summed E-state index contributed by atoms with van der Waals surface area (Å²) in [5, 5.41) is 18.5. The van der Waals surface area contributed by atoms with Crippen LogP contribution in [-0.4, -0.2) is 33.2 Å². The molecule has 1 aromatic heterocycles. The second-order valence-corrected chi connectivity index (χ2v) is 4.86. The lowest BCUT2D eigenvalue weighted by Gasteiger charge is -2.20. The van der Waals surface area contributed by atoms with Crippen LogP contribution in [0.5, 0.6) is 0 Å². The molecule has 1 rings (SSSR count). The summed E-state index contributed by atoms with van der Waals surface area (Å²) in [7, 11) is 0. The Labute approximate surface area is 112 Å². The number of hydrogen-bond donors (Lipinski definition) is 3. The Hall–Kier alpha value is -1.85. The van der Waals surface area contributed by atoms with Gasteiger partial charge < -0.3 is 10.4 Å². The summed E-state index contributed by atoms with van der Waals surface area (Å²) in [6, 6.07) is -0.843. The standard InChI is InChI=1S/C13H21N3O3/c1-5-7(2)12(13(18)19)14-11(17)6-10-8(3)15-16-9(10)4/h7,12H,5-6H2,1-4H3,(H,14,17)(H,15,16)(H,18,19). The highest BCUT2D eigenvalue weighted by atomic mass is 16.4. The van der Waals surface area contributed by atoms with Gasteiger partial charge in [0.25, 0.3) is 0 Å². The van der Waals surface area contributed by atoms with E-state index in [0.717, 1.165) is 17.0 Å². The summed E-state index contributed by atoms with van der Waals surface area (Å²) in [5.74, 6) is -1.39. The zero-order chi connectivity index (χ0) is 14.6. The van der Waals surface area contributed by atoms with Crippen LogP contribution in [0.4, 0.5) is 0 Å². The number of rotatable bonds is 6. The van der Waals surface area contributed by atoms with Gasteiger partial charge in [0.1, 0.15) is 6.04 Å². The number of nitrogens with zero attached hydrogens (tertiary/aromatic N) is 1. The van der Waals surface area contributed by atoms with Crippen LogP contribution < -0.4 is 5.32 Å². The minimum absolute atomic E-state index is 0.104. The van der Waals surface area contributed by atoms with Crippen LogP contribution in [0.25, 0.3) is 0 Å². The topological polar surface area (TPSA) is 95.1 Å². The van der Waals surface area contributed by atoms with Crippen LogP contribution in [-0.2, 0) is 16.0 Å². The van der Waals surface area contributed by atoms with E-state index in [2.05, 4.69) is 15.5 Å². The smallest absolute Gasteiger partial charge is 0.326 e. The first-order chi connectivity index (χ1) is 8.86. The molecule has 0 spiro atoms. The molecule has 0 saturated heterocycles. The van der Waals surface area contributed by atoms with Crippen LogP contribution >= 0.6 is 0 Å². The van der Waals surface area contributed by atoms with E-state index < -0.39 is 12.0 Å². The number of aryl methyl sites for hydroxylation is 2. The maximum Gasteiger partial charge on any atom is 0.326 e. The number of nitrogens with one attached hydrogen (secondary N) is 2. The number of carboxylic acids is 1. The van der Waals surface area contributed by atoms with Gasteiger partial charge in [-0.1, -0.05) is 20.3 Å². The summed E-state index contributed by atoms with van der Waals surface area (Å²) in [4.78, 5) is 23.1. The van der Waals surface area contributed by atoms with Crippen molar-refractivity contribution in [2.75, 3.05) is 0 Å². The van der Waals surface area contributed by atoms with Crippen molar-refractivity contribution < 1.29 is 14.7 Å². The van der Waals surface area contributed by atoms with E-state index in [4.69, 9.17) is 5.11 Å². The molecular formula is C13H21N3O3. The molecule has 1 heterocycles. The first kappa shape index (κ1) is 15.2. The van der Waals surface area contributed by atoms with Crippen molar-refractivity contribution in [3.05, 3.63) is 17.0 Å². The summed E-state index contributed by atoms with van der Waals surface area (Å²) >= 11 is 0. The third-order valence-electron chi connectivity index (χ3n) is 3.41. The third kappa shape index (κ3) is 3.81. The van der Waals surface area contributed by atoms with Crippen LogP contribution in [0, 0.1) is 19.8 Å². The number of aliphatic carboxylic acids is 1. The largest absolute Gasteiger partial charge is 0.480 e. The number of amides is 1. The minimum Gasteiger partial charge on any atom is -0.480 e. The Bertz CT molecular complexity index is 448. The van der Waals surface area contributed by atoms with Gasteiger partial charge in [0, 0.05) is 11.3 Å². The number of carboxylic acid groups (broad SMARTS) is 1. The van der Waals surface area contributed by atoms with Crippen molar-refractivity contribution in [2.24, 2.45) is 5.92 Å². The van der Waals surface area contributed by atoms with Gasteiger partial charge in [-0.3, -0.25) is 9.89 Å². The molecular weight excluding hydrogens is 246 g/mol. The second kappa shape index (κ2) is 6.36. The summed E-state index contributed by atoms with van der Waals surface area (Å²) in [6.07, 6.45) is 0.843. The van der Waals surface area contributed by atoms with E-state index in [0.29, 0.717) is 6.42 Å². The number of carbonyl (C=O) groups is 2. The molecule has 106 valence electrons. The van der Waals surface area contributed by atoms with E-state index >= 15 is 0 Å². The predicted molar refractivity (Wildman–Crippen MR) is 70.8 cm³/mol. The minimum atomic E-state index is -0.997. The van der Waals surface area contributed by atoms with E-state index in [-0.39, 0.29) is 18.2 Å². The average molecular weight is 267 g/mol. The Morgan fingerprint density at radius 1 is 1.42 bits per heavy atom. The molecule has 0 aliphatic carbocycles. The molecule has 1 amide bonds. The number of aromatic amines is 1. The SMILES string of the molecule is CCC(C)C(NC(=O)Cc1c(C)n[nH]c1C)C(=O)O. The number of hydrogen-bond acceptors (Lipinski definition) is 3. The van der Waals surface area contributed by atoms with Crippen molar-refractivity contribution in [3.8, 4) is 0 Å². The molecule has 2 unspecified atom stereocenters. The van der Waals surface area contributed by atoms with Crippen LogP contribution in [0.3, 0.4) is 0 Å². The Balaban J connectivity index is 2.71. The van der Waals surface area contributed by atoms with Gasteiger partial charge in [-0.15, -0.1) is 0 Å². The zero-order valence-corrected chi connectivity index (χ0v) is 11.8. The summed E-state index contributed by atoms with van der Waals surface area (Å²) in [6.45, 7) is 7.37. The molecule has 0 radical (unpaired) electrons. The maximum absolute atomic E-state index is 11.9. The molecule has 6 heteroatoms. The maximum atomic E-state index is 11.9. The van der Waals surface area contributed by atoms with Crippen LogP contribution in [0.2, 0.25) is 0 Å². The van der Waals surface area contributed by atoms with Crippen molar-refractivity contribution in [2.45, 2.75) is 46.6 Å². The molecule has 0 bridgehead atoms. The molecule has 0 aromatic carbocycles. The Morgan fingerprint density at radius 2 is 2.05 bits per heavy atom. The number of aromatic nitrogens is 2. The molecule has 0 saturated carbocycles. The van der Waals surface area contributed by atoms with Gasteiger partial charge in [-0.2, -0.15) is 5.10 Å². The second-order valence-electron chi connectivity index (χ2n) is 4.86. The molecule has 0 aliphatic heterocycles. The van der Waals surface area contributed by atoms with Crippen LogP contribution in [0.15, 0.2) is 0 Å². The average Bonchev–Trinajstić information content (AvgIpc) is 2.66. The van der Waals surface area contributed by atoms with E-state index in [1.807, 2.05) is 27.7 Å². The van der Waals surface area contributed by atoms with Gasteiger partial charge in [-0.25, -0.2) is 4.79 Å². The Kier molecular flexibility index (Phi) is 5.09. The Morgan fingerprint density at radius 3 is 2.47 bits per heavy atom. The van der Waals surface area contributed by atoms with Gasteiger partial charge in [0.15, 0.2) is 0 Å². The molecule has 0 fully saturated rings. The van der Waals surface area contributed by atoms with Gasteiger partial charge in [-0.05, 0) is 19.8 Å².